The first-order valence-electron chi connectivity index (χ1n) is 32.9. The highest BCUT2D eigenvalue weighted by atomic mass is 16.3. The van der Waals surface area contributed by atoms with E-state index in [1.165, 1.54) is 69.1 Å². The van der Waals surface area contributed by atoms with Gasteiger partial charge in [0.1, 0.15) is 70.0 Å². The van der Waals surface area contributed by atoms with Crippen LogP contribution >= 0.6 is 0 Å². The van der Waals surface area contributed by atoms with E-state index in [0.29, 0.717) is 5.92 Å². The van der Waals surface area contributed by atoms with Gasteiger partial charge in [-0.1, -0.05) is 85.8 Å². The monoisotopic (exact) mass is 1300 g/mol. The summed E-state index contributed by atoms with van der Waals surface area (Å²) in [5.74, 6) is 0.290. The lowest BCUT2D eigenvalue weighted by Crippen LogP contribution is -2.35. The quantitative estimate of drug-likeness (QED) is 0.125. The molecule has 506 valence electrons. The molecule has 3 N–H and O–H groups in total. The molecular formula is C83H115N10O3+9. The van der Waals surface area contributed by atoms with Gasteiger partial charge >= 0.3 is 0 Å². The van der Waals surface area contributed by atoms with Gasteiger partial charge in [0, 0.05) is 162 Å². The Bertz CT molecular complexity index is 3750. The van der Waals surface area contributed by atoms with E-state index in [0.717, 1.165) is 16.8 Å². The lowest BCUT2D eigenvalue weighted by molar-refractivity contribution is -0.683. The van der Waals surface area contributed by atoms with E-state index in [1.807, 2.05) is 203 Å². The topological polar surface area (TPSA) is 98.8 Å². The molecule has 1 unspecified atom stereocenters. The first kappa shape index (κ1) is 80.7. The van der Waals surface area contributed by atoms with Gasteiger partial charge in [-0.25, -0.2) is 41.1 Å². The lowest BCUT2D eigenvalue weighted by atomic mass is 9.86. The largest absolute Gasteiger partial charge is 0.389 e. The zero-order valence-electron chi connectivity index (χ0n) is 61.5. The number of nitrogens with zero attached hydrogens (tertiary/aromatic N) is 10. The van der Waals surface area contributed by atoms with Crippen molar-refractivity contribution in [2.45, 2.75) is 99.4 Å². The van der Waals surface area contributed by atoms with Crippen LogP contribution in [-0.2, 0) is 82.1 Å². The summed E-state index contributed by atoms with van der Waals surface area (Å²) in [4.78, 5) is 2.08. The van der Waals surface area contributed by atoms with Gasteiger partial charge < -0.3 is 20.2 Å². The van der Waals surface area contributed by atoms with Crippen LogP contribution in [0.25, 0.3) is 0 Å². The molecule has 0 saturated carbocycles. The molecule has 2 aromatic carbocycles. The van der Waals surface area contributed by atoms with Crippen LogP contribution in [-0.4, -0.2) is 29.4 Å². The average molecular weight is 1300 g/mol. The maximum Gasteiger partial charge on any atom is 0.206 e. The van der Waals surface area contributed by atoms with E-state index in [9.17, 15) is 5.11 Å². The molecule has 1 atom stereocenters. The fraction of sp³-hybridized carbons (Fsp3) is 0.313. The van der Waals surface area contributed by atoms with Crippen molar-refractivity contribution in [2.24, 2.45) is 63.4 Å². The Kier molecular flexibility index (Phi) is 36.5. The van der Waals surface area contributed by atoms with Crippen LogP contribution in [0.3, 0.4) is 0 Å². The third-order valence-corrected chi connectivity index (χ3v) is 15.6. The van der Waals surface area contributed by atoms with Gasteiger partial charge in [-0.05, 0) is 80.5 Å². The number of anilines is 1. The van der Waals surface area contributed by atoms with Gasteiger partial charge in [-0.3, -0.25) is 0 Å². The lowest BCUT2D eigenvalue weighted by Gasteiger charge is -2.18. The van der Waals surface area contributed by atoms with E-state index >= 15 is 0 Å². The molecule has 0 saturated heterocycles. The predicted molar refractivity (Wildman–Crippen MR) is 386 cm³/mol. The smallest absolute Gasteiger partial charge is 0.206 e. The first-order chi connectivity index (χ1) is 45.6. The maximum absolute atomic E-state index is 9.57. The number of aromatic nitrogens is 9. The van der Waals surface area contributed by atoms with Crippen molar-refractivity contribution < 1.29 is 56.4 Å². The molecule has 0 fully saturated rings. The van der Waals surface area contributed by atoms with Crippen LogP contribution in [0.4, 0.5) is 5.69 Å². The summed E-state index contributed by atoms with van der Waals surface area (Å²) in [5, 5.41) is 27.4. The van der Waals surface area contributed by atoms with Gasteiger partial charge in [0.2, 0.25) is 5.69 Å². The second kappa shape index (κ2) is 43.5. The molecule has 0 aliphatic heterocycles. The van der Waals surface area contributed by atoms with Crippen LogP contribution in [0.2, 0.25) is 0 Å². The summed E-state index contributed by atoms with van der Waals surface area (Å²) in [5.41, 5.74) is 15.3. The molecular weight excluding hydrogens is 1180 g/mol. The Morgan fingerprint density at radius 1 is 0.406 bits per heavy atom. The van der Waals surface area contributed by atoms with Crippen LogP contribution in [0, 0.1) is 34.6 Å². The van der Waals surface area contributed by atoms with Gasteiger partial charge in [0.15, 0.2) is 103 Å². The maximum atomic E-state index is 9.57. The van der Waals surface area contributed by atoms with E-state index in [4.69, 9.17) is 10.2 Å². The molecule has 9 heterocycles. The number of pyridine rings is 9. The minimum absolute atomic E-state index is 0.108. The Hall–Kier alpha value is -9.53. The summed E-state index contributed by atoms with van der Waals surface area (Å²) < 4.78 is 18.3. The Balaban J connectivity index is 0.000000286. The van der Waals surface area contributed by atoms with Crippen molar-refractivity contribution in [1.82, 2.24) is 0 Å². The Labute approximate surface area is 577 Å². The molecule has 13 nitrogen and oxygen atoms in total. The summed E-state index contributed by atoms with van der Waals surface area (Å²) in [7, 11) is 22.2. The molecule has 0 spiro atoms. The van der Waals surface area contributed by atoms with Crippen molar-refractivity contribution in [3.8, 4) is 0 Å². The summed E-state index contributed by atoms with van der Waals surface area (Å²) in [6.07, 6.45) is 28.1. The Morgan fingerprint density at radius 3 is 1.15 bits per heavy atom. The minimum Gasteiger partial charge on any atom is -0.389 e. The van der Waals surface area contributed by atoms with Crippen molar-refractivity contribution in [3.05, 3.63) is 336 Å². The molecule has 96 heavy (non-hydrogen) atoms. The van der Waals surface area contributed by atoms with E-state index in [1.54, 1.807) is 20.8 Å². The van der Waals surface area contributed by atoms with Gasteiger partial charge in [0.25, 0.3) is 0 Å². The predicted octanol–water partition coefficient (Wildman–Crippen LogP) is 10.1. The molecule has 11 aromatic rings. The SMILES string of the molecule is CC(O)c1cc[n+](C)cc1.CCCc1cccc[n+]1C.CN(C)c1cc[n+](C)cc1.C[n+]1ccc(C(C)(C)O)cc1.C[n+]1ccc(C(c2ccccc2)c2ccccc2)cc1.C[n+]1ccccc1CO.Cc1cc(C)[n+](C)c(C)c1.Cc1ccc[n+](C)c1.Cc1cccc[n+]1C. The van der Waals surface area contributed by atoms with Crippen molar-refractivity contribution in [2.75, 3.05) is 19.0 Å². The van der Waals surface area contributed by atoms with Crippen LogP contribution < -0.4 is 46.0 Å². The molecule has 9 aromatic heterocycles. The van der Waals surface area contributed by atoms with Crippen molar-refractivity contribution in [1.29, 1.82) is 0 Å². The van der Waals surface area contributed by atoms with E-state index in [-0.39, 0.29) is 12.7 Å². The molecule has 0 aliphatic carbocycles. The highest BCUT2D eigenvalue weighted by Gasteiger charge is 2.18. The second-order valence-corrected chi connectivity index (χ2v) is 24.8. The zero-order chi connectivity index (χ0) is 71.2. The number of aliphatic hydroxyl groups is 3. The van der Waals surface area contributed by atoms with Crippen LogP contribution in [0.15, 0.2) is 269 Å². The summed E-state index contributed by atoms with van der Waals surface area (Å²) in [6, 6.07) is 64.2. The normalized spacial score (nSPS) is 10.4. The molecule has 11 rings (SSSR count). The molecule has 0 radical (unpaired) electrons. The van der Waals surface area contributed by atoms with Crippen LogP contribution in [0.5, 0.6) is 0 Å². The van der Waals surface area contributed by atoms with Crippen LogP contribution in [0.1, 0.15) is 114 Å². The zero-order valence-corrected chi connectivity index (χ0v) is 61.5. The van der Waals surface area contributed by atoms with Crippen molar-refractivity contribution >= 4 is 5.69 Å². The Morgan fingerprint density at radius 2 is 0.802 bits per heavy atom. The number of benzene rings is 2. The third kappa shape index (κ3) is 31.6. The molecule has 0 amide bonds. The molecule has 13 heteroatoms. The third-order valence-electron chi connectivity index (χ3n) is 15.6. The fourth-order valence-electron chi connectivity index (χ4n) is 9.38. The number of hydrogen-bond acceptors (Lipinski definition) is 4. The summed E-state index contributed by atoms with van der Waals surface area (Å²) >= 11 is 0. The molecule has 0 bridgehead atoms. The van der Waals surface area contributed by atoms with Gasteiger partial charge in [0.05, 0.1) is 11.7 Å². The molecule has 0 aliphatic rings. The van der Waals surface area contributed by atoms with E-state index in [2.05, 4.69) is 231 Å². The number of aryl methyl sites for hydroxylation is 14. The minimum atomic E-state index is -0.728. The number of rotatable bonds is 9. The highest BCUT2D eigenvalue weighted by Crippen LogP contribution is 2.31. The standard InChI is InChI=1S/C19H18N.C9H14NO.2C9H14N.C8H13N2.C8H12NO.C7H10NO.2C7H10N/c1-20-14-12-18(13-15-20)19(16-8-4-2-5-9-16)17-10-6-3-7-11-17;1-9(2,11)8-4-6-10(3)7-5-8;1-7-5-8(2)10(4)9(3)6-7;1-3-6-9-7-4-5-8-10(9)2;1-9(2)8-4-6-10(3)7-5-8;1-7(10)8-3-5-9(2)6-4-8;1-8-5-3-2-4-7(8)6-9;1-7-4-3-5-8(2)6-7;1-7-5-3-4-6-8(7)2/h2-15,19H,1H3;4-7,11H,1-3H3;5-6H,1-4H3;4-5,7-8H,3,6H2,1-2H3;4-7H,1-3H3;3-7,10H,1-2H3;2-5,9H,6H2,1H3;2*3-6H,1-2H3/q9*+1. The van der Waals surface area contributed by atoms with Gasteiger partial charge in [-0.2, -0.15) is 0 Å². The number of hydrogen-bond donors (Lipinski definition) is 3. The second-order valence-electron chi connectivity index (χ2n) is 24.8. The van der Waals surface area contributed by atoms with E-state index < -0.39 is 5.60 Å². The van der Waals surface area contributed by atoms with Crippen molar-refractivity contribution in [3.63, 3.8) is 0 Å². The number of aliphatic hydroxyl groups excluding tert-OH is 2. The summed E-state index contributed by atoms with van der Waals surface area (Å²) in [6.45, 7) is 18.2. The average Bonchev–Trinajstić information content (AvgIpc) is 0.857. The van der Waals surface area contributed by atoms with Gasteiger partial charge in [-0.15, -0.1) is 0 Å². The first-order valence-corrected chi connectivity index (χ1v) is 32.9. The highest BCUT2D eigenvalue weighted by molar-refractivity contribution is 5.42. The fourth-order valence-corrected chi connectivity index (χ4v) is 9.38.